The average Bonchev–Trinajstić information content (AvgIpc) is 2.18. The van der Waals surface area contributed by atoms with Crippen molar-refractivity contribution in [1.29, 1.82) is 0 Å². The van der Waals surface area contributed by atoms with Gasteiger partial charge in [-0.2, -0.15) is 0 Å². The van der Waals surface area contributed by atoms with Gasteiger partial charge in [0, 0.05) is 13.6 Å². The molecule has 0 saturated heterocycles. The van der Waals surface area contributed by atoms with Crippen LogP contribution in [0.25, 0.3) is 0 Å². The lowest BCUT2D eigenvalue weighted by Gasteiger charge is -2.15. The van der Waals surface area contributed by atoms with Crippen molar-refractivity contribution in [2.75, 3.05) is 19.3 Å². The largest absolute Gasteiger partial charge is 0.368 e. The van der Waals surface area contributed by atoms with Gasteiger partial charge in [0.15, 0.2) is 0 Å². The Morgan fingerprint density at radius 3 is 2.40 bits per heavy atom. The van der Waals surface area contributed by atoms with E-state index in [-0.39, 0.29) is 10.8 Å². The van der Waals surface area contributed by atoms with E-state index in [9.17, 15) is 8.42 Å². The molecule has 7 heteroatoms. The number of nitrogen functional groups attached to an aromatic ring is 1. The van der Waals surface area contributed by atoms with Gasteiger partial charge in [-0.05, 0) is 6.42 Å². The molecular weight excluding hydrogens is 216 g/mol. The zero-order chi connectivity index (χ0) is 11.5. The summed E-state index contributed by atoms with van der Waals surface area (Å²) in [7, 11) is -1.94. The summed E-state index contributed by atoms with van der Waals surface area (Å²) in [6, 6.07) is 0. The van der Waals surface area contributed by atoms with Gasteiger partial charge in [0.05, 0.1) is 12.4 Å². The highest BCUT2D eigenvalue weighted by Gasteiger charge is 2.20. The maximum absolute atomic E-state index is 11.8. The second-order valence-corrected chi connectivity index (χ2v) is 5.15. The molecule has 0 unspecified atom stereocenters. The SMILES string of the molecule is CCCN(C)S(=O)(=O)c1cnc(N)nc1. The molecule has 1 aromatic heterocycles. The van der Waals surface area contributed by atoms with Crippen molar-refractivity contribution in [3.63, 3.8) is 0 Å². The van der Waals surface area contributed by atoms with Gasteiger partial charge in [-0.1, -0.05) is 6.92 Å². The summed E-state index contributed by atoms with van der Waals surface area (Å²) in [6.07, 6.45) is 3.18. The van der Waals surface area contributed by atoms with E-state index in [1.807, 2.05) is 6.92 Å². The summed E-state index contributed by atoms with van der Waals surface area (Å²) in [5.41, 5.74) is 5.27. The fourth-order valence-corrected chi connectivity index (χ4v) is 2.23. The van der Waals surface area contributed by atoms with Gasteiger partial charge in [0.25, 0.3) is 0 Å². The molecule has 0 fully saturated rings. The molecule has 0 bridgehead atoms. The lowest BCUT2D eigenvalue weighted by Crippen LogP contribution is -2.27. The summed E-state index contributed by atoms with van der Waals surface area (Å²) >= 11 is 0. The van der Waals surface area contributed by atoms with E-state index in [0.29, 0.717) is 6.54 Å². The molecule has 84 valence electrons. The molecule has 0 amide bonds. The second-order valence-electron chi connectivity index (χ2n) is 3.10. The van der Waals surface area contributed by atoms with Crippen molar-refractivity contribution < 1.29 is 8.42 Å². The minimum atomic E-state index is -3.47. The maximum atomic E-state index is 11.8. The molecule has 1 rings (SSSR count). The number of rotatable bonds is 4. The van der Waals surface area contributed by atoms with Crippen LogP contribution in [0.5, 0.6) is 0 Å². The van der Waals surface area contributed by atoms with Gasteiger partial charge >= 0.3 is 0 Å². The lowest BCUT2D eigenvalue weighted by atomic mass is 10.5. The first-order chi connectivity index (χ1) is 6.98. The van der Waals surface area contributed by atoms with Crippen LogP contribution >= 0.6 is 0 Å². The Balaban J connectivity index is 3.01. The molecule has 15 heavy (non-hydrogen) atoms. The van der Waals surface area contributed by atoms with Crippen LogP contribution in [0.2, 0.25) is 0 Å². The lowest BCUT2D eigenvalue weighted by molar-refractivity contribution is 0.468. The second kappa shape index (κ2) is 4.54. The highest BCUT2D eigenvalue weighted by atomic mass is 32.2. The predicted octanol–water partition coefficient (Wildman–Crippen LogP) is 0.0893. The molecule has 0 saturated carbocycles. The fraction of sp³-hybridized carbons (Fsp3) is 0.500. The van der Waals surface area contributed by atoms with E-state index in [1.54, 1.807) is 0 Å². The Morgan fingerprint density at radius 2 is 1.93 bits per heavy atom. The van der Waals surface area contributed by atoms with Crippen LogP contribution in [0.15, 0.2) is 17.3 Å². The van der Waals surface area contributed by atoms with Crippen molar-refractivity contribution in [2.45, 2.75) is 18.2 Å². The van der Waals surface area contributed by atoms with E-state index in [4.69, 9.17) is 5.73 Å². The van der Waals surface area contributed by atoms with Crippen LogP contribution in [-0.4, -0.2) is 36.3 Å². The topological polar surface area (TPSA) is 89.2 Å². The van der Waals surface area contributed by atoms with Gasteiger partial charge in [-0.25, -0.2) is 22.7 Å². The van der Waals surface area contributed by atoms with E-state index >= 15 is 0 Å². The summed E-state index contributed by atoms with van der Waals surface area (Å²) in [6.45, 7) is 2.37. The molecule has 0 aromatic carbocycles. The molecule has 0 aliphatic rings. The number of hydrogen-bond acceptors (Lipinski definition) is 5. The molecule has 0 radical (unpaired) electrons. The highest BCUT2D eigenvalue weighted by Crippen LogP contribution is 2.12. The van der Waals surface area contributed by atoms with Crippen molar-refractivity contribution in [2.24, 2.45) is 0 Å². The van der Waals surface area contributed by atoms with Crippen LogP contribution in [0, 0.1) is 0 Å². The third-order valence-corrected chi connectivity index (χ3v) is 3.70. The summed E-state index contributed by atoms with van der Waals surface area (Å²) in [5, 5.41) is 0. The van der Waals surface area contributed by atoms with Crippen molar-refractivity contribution >= 4 is 16.0 Å². The predicted molar refractivity (Wildman–Crippen MR) is 56.6 cm³/mol. The molecule has 0 atom stereocenters. The molecule has 0 spiro atoms. The molecule has 0 aliphatic carbocycles. The third kappa shape index (κ3) is 2.63. The number of sulfonamides is 1. The van der Waals surface area contributed by atoms with Crippen molar-refractivity contribution in [3.05, 3.63) is 12.4 Å². The third-order valence-electron chi connectivity index (χ3n) is 1.89. The Kier molecular flexibility index (Phi) is 3.59. The Bertz CT molecular complexity index is 415. The van der Waals surface area contributed by atoms with Crippen molar-refractivity contribution in [3.8, 4) is 0 Å². The Labute approximate surface area is 89.2 Å². The molecule has 2 N–H and O–H groups in total. The first-order valence-electron chi connectivity index (χ1n) is 4.52. The number of anilines is 1. The molecule has 6 nitrogen and oxygen atoms in total. The van der Waals surface area contributed by atoms with Crippen LogP contribution in [0.4, 0.5) is 5.95 Å². The molecule has 1 heterocycles. The van der Waals surface area contributed by atoms with Crippen molar-refractivity contribution in [1.82, 2.24) is 14.3 Å². The summed E-state index contributed by atoms with van der Waals surface area (Å²) < 4.78 is 24.9. The zero-order valence-electron chi connectivity index (χ0n) is 8.71. The number of nitrogens with two attached hydrogens (primary N) is 1. The summed E-state index contributed by atoms with van der Waals surface area (Å²) in [4.78, 5) is 7.36. The minimum Gasteiger partial charge on any atom is -0.368 e. The van der Waals surface area contributed by atoms with Crippen LogP contribution < -0.4 is 5.73 Å². The smallest absolute Gasteiger partial charge is 0.245 e. The number of aromatic nitrogens is 2. The zero-order valence-corrected chi connectivity index (χ0v) is 9.53. The van der Waals surface area contributed by atoms with Gasteiger partial charge < -0.3 is 5.73 Å². The first kappa shape index (κ1) is 11.9. The van der Waals surface area contributed by atoms with Gasteiger partial charge in [0.2, 0.25) is 16.0 Å². The maximum Gasteiger partial charge on any atom is 0.245 e. The van der Waals surface area contributed by atoms with E-state index in [2.05, 4.69) is 9.97 Å². The van der Waals surface area contributed by atoms with Crippen LogP contribution in [-0.2, 0) is 10.0 Å². The minimum absolute atomic E-state index is 0.0621. The number of nitrogens with zero attached hydrogens (tertiary/aromatic N) is 3. The molecular formula is C8H14N4O2S. The van der Waals surface area contributed by atoms with E-state index in [0.717, 1.165) is 6.42 Å². The monoisotopic (exact) mass is 230 g/mol. The first-order valence-corrected chi connectivity index (χ1v) is 5.96. The Morgan fingerprint density at radius 1 is 1.40 bits per heavy atom. The average molecular weight is 230 g/mol. The normalized spacial score (nSPS) is 11.9. The highest BCUT2D eigenvalue weighted by molar-refractivity contribution is 7.89. The Hall–Kier alpha value is -1.21. The summed E-state index contributed by atoms with van der Waals surface area (Å²) in [5.74, 6) is 0.0621. The fourth-order valence-electron chi connectivity index (χ4n) is 1.07. The standard InChI is InChI=1S/C8H14N4O2S/c1-3-4-12(2)15(13,14)7-5-10-8(9)11-6-7/h5-6H,3-4H2,1-2H3,(H2,9,10,11). The van der Waals surface area contributed by atoms with Crippen LogP contribution in [0.3, 0.4) is 0 Å². The van der Waals surface area contributed by atoms with Gasteiger partial charge in [-0.3, -0.25) is 0 Å². The molecule has 1 aromatic rings. The number of hydrogen-bond donors (Lipinski definition) is 1. The van der Waals surface area contributed by atoms with Gasteiger partial charge in [0.1, 0.15) is 4.90 Å². The molecule has 0 aliphatic heterocycles. The van der Waals surface area contributed by atoms with Gasteiger partial charge in [-0.15, -0.1) is 0 Å². The van der Waals surface area contributed by atoms with E-state index in [1.165, 1.54) is 23.7 Å². The van der Waals surface area contributed by atoms with E-state index < -0.39 is 10.0 Å². The quantitative estimate of drug-likeness (QED) is 0.791. The van der Waals surface area contributed by atoms with Crippen LogP contribution in [0.1, 0.15) is 13.3 Å².